The molecule has 108 valence electrons. The SMILES string of the molecule is O=C(Cc1ccccc1[N+](=O)[O-])Nc1ccc(Cl)c(Cl)c1. The summed E-state index contributed by atoms with van der Waals surface area (Å²) < 4.78 is 0. The zero-order chi connectivity index (χ0) is 15.4. The van der Waals surface area contributed by atoms with Crippen molar-refractivity contribution in [3.05, 3.63) is 68.2 Å². The minimum Gasteiger partial charge on any atom is -0.326 e. The van der Waals surface area contributed by atoms with Crippen LogP contribution in [0.25, 0.3) is 0 Å². The normalized spacial score (nSPS) is 10.2. The lowest BCUT2D eigenvalue weighted by atomic mass is 10.1. The molecule has 2 aromatic carbocycles. The lowest BCUT2D eigenvalue weighted by Gasteiger charge is -2.07. The molecule has 0 unspecified atom stereocenters. The average molecular weight is 325 g/mol. The Morgan fingerprint density at radius 3 is 2.52 bits per heavy atom. The van der Waals surface area contributed by atoms with Crippen LogP contribution in [0.1, 0.15) is 5.56 Å². The number of rotatable bonds is 4. The van der Waals surface area contributed by atoms with E-state index < -0.39 is 4.92 Å². The van der Waals surface area contributed by atoms with Gasteiger partial charge in [-0.25, -0.2) is 0 Å². The number of amides is 1. The molecular formula is C14H10Cl2N2O3. The molecule has 0 radical (unpaired) electrons. The molecule has 0 saturated carbocycles. The number of nitro benzene ring substituents is 1. The molecule has 0 fully saturated rings. The van der Waals surface area contributed by atoms with Crippen molar-refractivity contribution >= 4 is 40.5 Å². The van der Waals surface area contributed by atoms with Crippen LogP contribution >= 0.6 is 23.2 Å². The first-order valence-electron chi connectivity index (χ1n) is 5.94. The maximum absolute atomic E-state index is 11.9. The van der Waals surface area contributed by atoms with Gasteiger partial charge in [0.15, 0.2) is 0 Å². The first kappa shape index (κ1) is 15.3. The van der Waals surface area contributed by atoms with Gasteiger partial charge < -0.3 is 5.32 Å². The lowest BCUT2D eigenvalue weighted by molar-refractivity contribution is -0.385. The highest BCUT2D eigenvalue weighted by atomic mass is 35.5. The molecule has 2 rings (SSSR count). The Morgan fingerprint density at radius 1 is 1.14 bits per heavy atom. The van der Waals surface area contributed by atoms with Crippen LogP contribution in [-0.4, -0.2) is 10.8 Å². The van der Waals surface area contributed by atoms with E-state index in [0.717, 1.165) is 0 Å². The van der Waals surface area contributed by atoms with Gasteiger partial charge in [0.05, 0.1) is 21.4 Å². The van der Waals surface area contributed by atoms with Crippen molar-refractivity contribution < 1.29 is 9.72 Å². The molecule has 1 N–H and O–H groups in total. The second-order valence-electron chi connectivity index (χ2n) is 4.24. The highest BCUT2D eigenvalue weighted by molar-refractivity contribution is 6.42. The Hall–Kier alpha value is -2.11. The number of halogens is 2. The molecule has 0 aliphatic carbocycles. The van der Waals surface area contributed by atoms with Crippen LogP contribution < -0.4 is 5.32 Å². The topological polar surface area (TPSA) is 72.2 Å². The van der Waals surface area contributed by atoms with E-state index in [0.29, 0.717) is 21.3 Å². The number of nitro groups is 1. The van der Waals surface area contributed by atoms with Gasteiger partial charge in [-0.2, -0.15) is 0 Å². The van der Waals surface area contributed by atoms with Crippen molar-refractivity contribution in [1.29, 1.82) is 0 Å². The molecule has 0 saturated heterocycles. The average Bonchev–Trinajstić information content (AvgIpc) is 2.43. The number of benzene rings is 2. The molecule has 1 amide bonds. The third kappa shape index (κ3) is 3.93. The third-order valence-corrected chi connectivity index (χ3v) is 3.48. The molecule has 5 nitrogen and oxygen atoms in total. The van der Waals surface area contributed by atoms with Gasteiger partial charge in [0, 0.05) is 17.3 Å². The summed E-state index contributed by atoms with van der Waals surface area (Å²) in [6.07, 6.45) is -0.0998. The van der Waals surface area contributed by atoms with E-state index in [4.69, 9.17) is 23.2 Å². The van der Waals surface area contributed by atoms with Crippen LogP contribution in [0.3, 0.4) is 0 Å². The molecule has 0 heterocycles. The fourth-order valence-electron chi connectivity index (χ4n) is 1.79. The first-order chi connectivity index (χ1) is 9.97. The molecular weight excluding hydrogens is 315 g/mol. The summed E-state index contributed by atoms with van der Waals surface area (Å²) in [5.41, 5.74) is 0.745. The minimum absolute atomic E-state index is 0.0817. The number of nitrogens with zero attached hydrogens (tertiary/aromatic N) is 1. The van der Waals surface area contributed by atoms with Crippen molar-refractivity contribution in [2.45, 2.75) is 6.42 Å². The fourth-order valence-corrected chi connectivity index (χ4v) is 2.09. The highest BCUT2D eigenvalue weighted by Gasteiger charge is 2.15. The smallest absolute Gasteiger partial charge is 0.273 e. The number of para-hydroxylation sites is 1. The van der Waals surface area contributed by atoms with Crippen molar-refractivity contribution in [2.75, 3.05) is 5.32 Å². The van der Waals surface area contributed by atoms with E-state index in [2.05, 4.69) is 5.32 Å². The van der Waals surface area contributed by atoms with E-state index in [1.807, 2.05) is 0 Å². The number of nitrogens with one attached hydrogen (secondary N) is 1. The first-order valence-corrected chi connectivity index (χ1v) is 6.70. The van der Waals surface area contributed by atoms with Gasteiger partial charge in [-0.05, 0) is 18.2 Å². The van der Waals surface area contributed by atoms with Crippen LogP contribution in [-0.2, 0) is 11.2 Å². The number of hydrogen-bond donors (Lipinski definition) is 1. The van der Waals surface area contributed by atoms with Crippen molar-refractivity contribution in [3.63, 3.8) is 0 Å². The summed E-state index contributed by atoms with van der Waals surface area (Å²) in [6, 6.07) is 10.8. The van der Waals surface area contributed by atoms with Crippen LogP contribution in [0.5, 0.6) is 0 Å². The lowest BCUT2D eigenvalue weighted by Crippen LogP contribution is -2.15. The standard InChI is InChI=1S/C14H10Cl2N2O3/c15-11-6-5-10(8-12(11)16)17-14(19)7-9-3-1-2-4-13(9)18(20)21/h1-6,8H,7H2,(H,17,19). The number of carbonyl (C=O) groups excluding carboxylic acids is 1. The molecule has 0 aromatic heterocycles. The van der Waals surface area contributed by atoms with E-state index in [9.17, 15) is 14.9 Å². The predicted molar refractivity (Wildman–Crippen MR) is 81.9 cm³/mol. The van der Waals surface area contributed by atoms with E-state index in [1.54, 1.807) is 30.3 Å². The Kier molecular flexibility index (Phi) is 4.77. The summed E-state index contributed by atoms with van der Waals surface area (Å²) >= 11 is 11.6. The van der Waals surface area contributed by atoms with E-state index in [1.165, 1.54) is 12.1 Å². The van der Waals surface area contributed by atoms with Crippen LogP contribution in [0, 0.1) is 10.1 Å². The fraction of sp³-hybridized carbons (Fsp3) is 0.0714. The minimum atomic E-state index is -0.512. The number of hydrogen-bond acceptors (Lipinski definition) is 3. The summed E-state index contributed by atoms with van der Waals surface area (Å²) in [4.78, 5) is 22.3. The molecule has 0 aliphatic rings. The molecule has 0 bridgehead atoms. The second kappa shape index (κ2) is 6.56. The van der Waals surface area contributed by atoms with Crippen LogP contribution in [0.15, 0.2) is 42.5 Å². The van der Waals surface area contributed by atoms with Crippen molar-refractivity contribution in [3.8, 4) is 0 Å². The Morgan fingerprint density at radius 2 is 1.86 bits per heavy atom. The zero-order valence-corrected chi connectivity index (χ0v) is 12.2. The largest absolute Gasteiger partial charge is 0.326 e. The van der Waals surface area contributed by atoms with E-state index in [-0.39, 0.29) is 18.0 Å². The number of anilines is 1. The van der Waals surface area contributed by atoms with Gasteiger partial charge in [0.25, 0.3) is 5.69 Å². The van der Waals surface area contributed by atoms with Gasteiger partial charge in [-0.1, -0.05) is 41.4 Å². The molecule has 2 aromatic rings. The van der Waals surface area contributed by atoms with Gasteiger partial charge >= 0.3 is 0 Å². The zero-order valence-electron chi connectivity index (χ0n) is 10.7. The summed E-state index contributed by atoms with van der Waals surface area (Å²) in [7, 11) is 0. The molecule has 0 spiro atoms. The van der Waals surface area contributed by atoms with Gasteiger partial charge in [-0.15, -0.1) is 0 Å². The van der Waals surface area contributed by atoms with Crippen molar-refractivity contribution in [1.82, 2.24) is 0 Å². The quantitative estimate of drug-likeness (QED) is 0.680. The van der Waals surface area contributed by atoms with Gasteiger partial charge in [-0.3, -0.25) is 14.9 Å². The van der Waals surface area contributed by atoms with Gasteiger partial charge in [0.1, 0.15) is 0 Å². The maximum Gasteiger partial charge on any atom is 0.273 e. The molecule has 0 aliphatic heterocycles. The Bertz CT molecular complexity index is 704. The Labute approximate surface area is 130 Å². The van der Waals surface area contributed by atoms with Crippen molar-refractivity contribution in [2.24, 2.45) is 0 Å². The van der Waals surface area contributed by atoms with Crippen LogP contribution in [0.4, 0.5) is 11.4 Å². The summed E-state index contributed by atoms with van der Waals surface area (Å²) in [5.74, 6) is -0.373. The highest BCUT2D eigenvalue weighted by Crippen LogP contribution is 2.25. The van der Waals surface area contributed by atoms with Crippen LogP contribution in [0.2, 0.25) is 10.0 Å². The third-order valence-electron chi connectivity index (χ3n) is 2.74. The van der Waals surface area contributed by atoms with Gasteiger partial charge in [0.2, 0.25) is 5.91 Å². The molecule has 7 heteroatoms. The monoisotopic (exact) mass is 324 g/mol. The van der Waals surface area contributed by atoms with E-state index >= 15 is 0 Å². The Balaban J connectivity index is 2.12. The molecule has 0 atom stereocenters. The summed E-state index contributed by atoms with van der Waals surface area (Å²) in [6.45, 7) is 0. The second-order valence-corrected chi connectivity index (χ2v) is 5.05. The predicted octanol–water partition coefficient (Wildman–Crippen LogP) is 4.08. The summed E-state index contributed by atoms with van der Waals surface area (Å²) in [5, 5.41) is 14.2. The molecule has 21 heavy (non-hydrogen) atoms. The number of carbonyl (C=O) groups is 1. The maximum atomic E-state index is 11.9.